The summed E-state index contributed by atoms with van der Waals surface area (Å²) in [5.41, 5.74) is -0.266. The van der Waals surface area contributed by atoms with Gasteiger partial charge in [0.15, 0.2) is 0 Å². The fourth-order valence-corrected chi connectivity index (χ4v) is 2.60. The number of hydrogen-bond donors (Lipinski definition) is 1. The van der Waals surface area contributed by atoms with Gasteiger partial charge in [-0.05, 0) is 12.8 Å². The van der Waals surface area contributed by atoms with Crippen molar-refractivity contribution in [2.45, 2.75) is 38.9 Å². The lowest BCUT2D eigenvalue weighted by atomic mass is 9.98. The van der Waals surface area contributed by atoms with Gasteiger partial charge in [-0.2, -0.15) is 0 Å². The molecule has 0 amide bonds. The van der Waals surface area contributed by atoms with Crippen LogP contribution in [0.1, 0.15) is 36.6 Å². The maximum atomic E-state index is 8.96. The van der Waals surface area contributed by atoms with Gasteiger partial charge in [-0.25, -0.2) is 4.98 Å². The first-order chi connectivity index (χ1) is 6.72. The van der Waals surface area contributed by atoms with E-state index in [2.05, 4.69) is 18.8 Å². The molecule has 0 bridgehead atoms. The van der Waals surface area contributed by atoms with Gasteiger partial charge in [0.2, 0.25) is 0 Å². The molecule has 0 unspecified atom stereocenters. The zero-order chi connectivity index (χ0) is 10.6. The number of rotatable bonds is 5. The van der Waals surface area contributed by atoms with E-state index in [-0.39, 0.29) is 12.2 Å². The molecule has 3 nitrogen and oxygen atoms in total. The largest absolute Gasteiger partial charge is 0.391 e. The highest BCUT2D eigenvalue weighted by Gasteiger charge is 2.31. The summed E-state index contributed by atoms with van der Waals surface area (Å²) < 4.78 is 5.55. The molecule has 0 fully saturated rings. The lowest BCUT2D eigenvalue weighted by Gasteiger charge is -2.27. The van der Waals surface area contributed by atoms with Gasteiger partial charge in [0.05, 0.1) is 11.5 Å². The molecular weight excluding hydrogens is 198 g/mol. The van der Waals surface area contributed by atoms with E-state index in [0.717, 1.165) is 22.7 Å². The molecule has 0 saturated carbocycles. The maximum absolute atomic E-state index is 8.96. The average Bonchev–Trinajstić information content (AvgIpc) is 2.71. The minimum atomic E-state index is -0.266. The number of aliphatic hydroxyl groups is 1. The van der Waals surface area contributed by atoms with E-state index in [4.69, 9.17) is 9.84 Å². The number of nitrogens with zero attached hydrogens (tertiary/aromatic N) is 1. The van der Waals surface area contributed by atoms with Gasteiger partial charge < -0.3 is 9.84 Å². The molecule has 0 aromatic carbocycles. The maximum Gasteiger partial charge on any atom is 0.125 e. The molecule has 1 N–H and O–H groups in total. The summed E-state index contributed by atoms with van der Waals surface area (Å²) in [6.07, 6.45) is 3.52. The summed E-state index contributed by atoms with van der Waals surface area (Å²) in [6.45, 7) is 4.24. The Balaban J connectivity index is 2.98. The van der Waals surface area contributed by atoms with Crippen LogP contribution in [0.5, 0.6) is 0 Å². The van der Waals surface area contributed by atoms with Crippen molar-refractivity contribution in [1.82, 2.24) is 4.98 Å². The van der Waals surface area contributed by atoms with Crippen molar-refractivity contribution in [2.75, 3.05) is 7.11 Å². The molecule has 4 heteroatoms. The van der Waals surface area contributed by atoms with Crippen molar-refractivity contribution >= 4 is 11.3 Å². The molecule has 0 aliphatic carbocycles. The molecule has 1 rings (SSSR count). The predicted molar refractivity (Wildman–Crippen MR) is 57.3 cm³/mol. The van der Waals surface area contributed by atoms with Gasteiger partial charge in [-0.3, -0.25) is 0 Å². The van der Waals surface area contributed by atoms with Crippen LogP contribution in [0.4, 0.5) is 0 Å². The molecule has 0 atom stereocenters. The molecule has 1 heterocycles. The fourth-order valence-electron chi connectivity index (χ4n) is 1.52. The first-order valence-electron chi connectivity index (χ1n) is 4.83. The van der Waals surface area contributed by atoms with Crippen molar-refractivity contribution in [3.8, 4) is 0 Å². The second-order valence-corrected chi connectivity index (χ2v) is 4.31. The van der Waals surface area contributed by atoms with Crippen molar-refractivity contribution in [2.24, 2.45) is 0 Å². The Hall–Kier alpha value is -0.450. The normalized spacial score (nSPS) is 12.0. The number of aromatic nitrogens is 1. The van der Waals surface area contributed by atoms with Gasteiger partial charge in [0, 0.05) is 13.3 Å². The standard InChI is InChI=1S/C10H17NO2S/c1-4-10(5-2,13-3)9-11-6-8(7-12)14-9/h6,12H,4-5,7H2,1-3H3. The van der Waals surface area contributed by atoms with Gasteiger partial charge in [0.25, 0.3) is 0 Å². The summed E-state index contributed by atoms with van der Waals surface area (Å²) in [6, 6.07) is 0. The summed E-state index contributed by atoms with van der Waals surface area (Å²) in [5.74, 6) is 0. The topological polar surface area (TPSA) is 42.4 Å². The van der Waals surface area contributed by atoms with Crippen LogP contribution in [0, 0.1) is 0 Å². The SMILES string of the molecule is CCC(CC)(OC)c1ncc(CO)s1. The highest BCUT2D eigenvalue weighted by atomic mass is 32.1. The Morgan fingerprint density at radius 2 is 2.14 bits per heavy atom. The molecule has 0 spiro atoms. The third-order valence-electron chi connectivity index (χ3n) is 2.63. The fraction of sp³-hybridized carbons (Fsp3) is 0.700. The highest BCUT2D eigenvalue weighted by molar-refractivity contribution is 7.11. The van der Waals surface area contributed by atoms with Crippen LogP contribution in [-0.4, -0.2) is 17.2 Å². The number of hydrogen-bond acceptors (Lipinski definition) is 4. The summed E-state index contributed by atoms with van der Waals surface area (Å²) in [4.78, 5) is 5.20. The Bertz CT molecular complexity index is 273. The van der Waals surface area contributed by atoms with Crippen LogP contribution in [0.3, 0.4) is 0 Å². The first kappa shape index (κ1) is 11.6. The van der Waals surface area contributed by atoms with Crippen molar-refractivity contribution in [1.29, 1.82) is 0 Å². The Labute approximate surface area is 88.8 Å². The quantitative estimate of drug-likeness (QED) is 0.819. The molecule has 14 heavy (non-hydrogen) atoms. The van der Waals surface area contributed by atoms with Crippen molar-refractivity contribution < 1.29 is 9.84 Å². The average molecular weight is 215 g/mol. The number of ether oxygens (including phenoxy) is 1. The summed E-state index contributed by atoms with van der Waals surface area (Å²) in [5, 5.41) is 9.93. The Kier molecular flexibility index (Phi) is 4.04. The lowest BCUT2D eigenvalue weighted by molar-refractivity contribution is -0.0218. The zero-order valence-electron chi connectivity index (χ0n) is 8.91. The summed E-state index contributed by atoms with van der Waals surface area (Å²) >= 11 is 1.53. The van der Waals surface area contributed by atoms with E-state index in [9.17, 15) is 0 Å². The lowest BCUT2D eigenvalue weighted by Crippen LogP contribution is -2.26. The second kappa shape index (κ2) is 4.87. The monoisotopic (exact) mass is 215 g/mol. The van der Waals surface area contributed by atoms with Crippen LogP contribution in [0.2, 0.25) is 0 Å². The van der Waals surface area contributed by atoms with E-state index in [1.807, 2.05) is 0 Å². The Morgan fingerprint density at radius 3 is 2.50 bits per heavy atom. The van der Waals surface area contributed by atoms with E-state index in [1.165, 1.54) is 11.3 Å². The van der Waals surface area contributed by atoms with E-state index >= 15 is 0 Å². The van der Waals surface area contributed by atoms with Gasteiger partial charge in [-0.15, -0.1) is 11.3 Å². The highest BCUT2D eigenvalue weighted by Crippen LogP contribution is 2.34. The van der Waals surface area contributed by atoms with E-state index in [1.54, 1.807) is 13.3 Å². The van der Waals surface area contributed by atoms with Gasteiger partial charge in [-0.1, -0.05) is 13.8 Å². The summed E-state index contributed by atoms with van der Waals surface area (Å²) in [7, 11) is 1.72. The van der Waals surface area contributed by atoms with Crippen LogP contribution in [0.25, 0.3) is 0 Å². The van der Waals surface area contributed by atoms with Crippen molar-refractivity contribution in [3.63, 3.8) is 0 Å². The third-order valence-corrected chi connectivity index (χ3v) is 3.80. The molecule has 0 aliphatic heterocycles. The molecule has 0 radical (unpaired) electrons. The number of thiazole rings is 1. The third kappa shape index (κ3) is 1.97. The van der Waals surface area contributed by atoms with E-state index < -0.39 is 0 Å². The molecule has 0 aliphatic rings. The number of methoxy groups -OCH3 is 1. The second-order valence-electron chi connectivity index (χ2n) is 3.20. The predicted octanol–water partition coefficient (Wildman–Crippen LogP) is 2.30. The first-order valence-corrected chi connectivity index (χ1v) is 5.65. The van der Waals surface area contributed by atoms with Crippen LogP contribution >= 0.6 is 11.3 Å². The van der Waals surface area contributed by atoms with Crippen LogP contribution < -0.4 is 0 Å². The minimum absolute atomic E-state index is 0.0604. The molecule has 80 valence electrons. The zero-order valence-corrected chi connectivity index (χ0v) is 9.73. The van der Waals surface area contributed by atoms with Crippen LogP contribution in [-0.2, 0) is 16.9 Å². The molecule has 1 aromatic rings. The smallest absolute Gasteiger partial charge is 0.125 e. The van der Waals surface area contributed by atoms with E-state index in [0.29, 0.717) is 0 Å². The number of aliphatic hydroxyl groups excluding tert-OH is 1. The Morgan fingerprint density at radius 1 is 1.50 bits per heavy atom. The van der Waals surface area contributed by atoms with Crippen LogP contribution in [0.15, 0.2) is 6.20 Å². The molecule has 0 saturated heterocycles. The molecule has 1 aromatic heterocycles. The van der Waals surface area contributed by atoms with Gasteiger partial charge in [0.1, 0.15) is 10.6 Å². The molecular formula is C10H17NO2S. The van der Waals surface area contributed by atoms with Gasteiger partial charge >= 0.3 is 0 Å². The minimum Gasteiger partial charge on any atom is -0.391 e. The van der Waals surface area contributed by atoms with Crippen molar-refractivity contribution in [3.05, 3.63) is 16.1 Å².